The van der Waals surface area contributed by atoms with E-state index in [9.17, 15) is 9.59 Å². The number of H-pyrrole nitrogens is 1. The number of pyridine rings is 2. The van der Waals surface area contributed by atoms with Gasteiger partial charge < -0.3 is 20.5 Å². The van der Waals surface area contributed by atoms with Crippen LogP contribution >= 0.6 is 0 Å². The molecule has 7 aromatic rings. The van der Waals surface area contributed by atoms with E-state index >= 15 is 0 Å². The largest absolute Gasteiger partial charge is 0.339 e. The number of benzene rings is 3. The van der Waals surface area contributed by atoms with Crippen LogP contribution in [0, 0.1) is 20.8 Å². The molecule has 2 atom stereocenters. The number of hydrogen-bond acceptors (Lipinski definition) is 8. The van der Waals surface area contributed by atoms with Crippen molar-refractivity contribution in [3.8, 4) is 22.5 Å². The van der Waals surface area contributed by atoms with Crippen LogP contribution in [-0.2, 0) is 0 Å². The fraction of sp³-hybridized carbons (Fsp3) is 0.265. The van der Waals surface area contributed by atoms with E-state index in [1.54, 1.807) is 18.5 Å². The van der Waals surface area contributed by atoms with Crippen molar-refractivity contribution in [2.75, 3.05) is 31.5 Å². The molecular weight excluding hydrogens is 747 g/mol. The standard InChI is InChI=1S/C49H49N9O2/c1-31-11-9-23-51-44(31)42-17-8-18-43(45-32(2)12-10-24-52-45)58(42)26-25-50-37-28-57(29-37)49(60)36-21-19-34(20-22-36)41-27-39-46(53-30-54-47(39)55-41)38-15-7-16-40(33(38)3)56-48(59)35-13-5-4-6-14-35/h4-7,9-16,19-24,27,30,37,42-43,50H,8,17-18,25-26,28-29H2,1-3H3,(H,56,59)(H,53,54,55). The summed E-state index contributed by atoms with van der Waals surface area (Å²) in [6.45, 7) is 9.34. The molecule has 2 saturated heterocycles. The van der Waals surface area contributed by atoms with E-state index in [0.29, 0.717) is 29.9 Å². The zero-order chi connectivity index (χ0) is 41.2. The maximum Gasteiger partial charge on any atom is 0.255 e. The van der Waals surface area contributed by atoms with Gasteiger partial charge in [-0.2, -0.15) is 0 Å². The Morgan fingerprint density at radius 3 is 2.13 bits per heavy atom. The smallest absolute Gasteiger partial charge is 0.255 e. The van der Waals surface area contributed by atoms with Gasteiger partial charge >= 0.3 is 0 Å². The number of nitrogens with one attached hydrogen (secondary N) is 3. The monoisotopic (exact) mass is 795 g/mol. The van der Waals surface area contributed by atoms with Crippen LogP contribution in [0.25, 0.3) is 33.5 Å². The zero-order valence-corrected chi connectivity index (χ0v) is 34.2. The van der Waals surface area contributed by atoms with Gasteiger partial charge in [-0.05, 0) is 111 Å². The lowest BCUT2D eigenvalue weighted by Crippen LogP contribution is -2.60. The molecule has 0 bridgehead atoms. The van der Waals surface area contributed by atoms with Gasteiger partial charge in [0.05, 0.1) is 29.2 Å². The van der Waals surface area contributed by atoms with E-state index in [4.69, 9.17) is 9.97 Å². The molecule has 302 valence electrons. The number of anilines is 1. The molecule has 2 aliphatic rings. The molecule has 0 aliphatic carbocycles. The Morgan fingerprint density at radius 2 is 1.45 bits per heavy atom. The quantitative estimate of drug-likeness (QED) is 0.119. The van der Waals surface area contributed by atoms with Crippen LogP contribution in [0.15, 0.2) is 122 Å². The number of carbonyl (C=O) groups is 2. The summed E-state index contributed by atoms with van der Waals surface area (Å²) in [6, 6.07) is 33.9. The van der Waals surface area contributed by atoms with Crippen molar-refractivity contribution in [3.05, 3.63) is 161 Å². The topological polar surface area (TPSA) is 132 Å². The first-order chi connectivity index (χ1) is 29.3. The SMILES string of the molecule is Cc1cccnc1C1CCCC(c2ncccc2C)N1CCNC1CN(C(=O)c2ccc(-c3cc4c(-c5cccc(NC(=O)c6ccccc6)c5C)ncnc4[nH]3)cc2)C1. The number of hydrogen-bond donors (Lipinski definition) is 3. The minimum atomic E-state index is -0.167. The third kappa shape index (κ3) is 7.81. The lowest BCUT2D eigenvalue weighted by Gasteiger charge is -2.44. The summed E-state index contributed by atoms with van der Waals surface area (Å²) in [5.74, 6) is -0.133. The molecule has 3 N–H and O–H groups in total. The van der Waals surface area contributed by atoms with E-state index in [1.165, 1.54) is 11.1 Å². The molecule has 0 spiro atoms. The van der Waals surface area contributed by atoms with Crippen molar-refractivity contribution < 1.29 is 9.59 Å². The molecule has 6 heterocycles. The summed E-state index contributed by atoms with van der Waals surface area (Å²) in [5, 5.41) is 7.67. The number of amides is 2. The third-order valence-electron chi connectivity index (χ3n) is 12.2. The third-order valence-corrected chi connectivity index (χ3v) is 12.2. The van der Waals surface area contributed by atoms with E-state index < -0.39 is 0 Å². The van der Waals surface area contributed by atoms with Crippen molar-refractivity contribution in [1.29, 1.82) is 0 Å². The van der Waals surface area contributed by atoms with E-state index in [2.05, 4.69) is 56.5 Å². The van der Waals surface area contributed by atoms with Crippen LogP contribution in [-0.4, -0.2) is 78.8 Å². The molecule has 2 aliphatic heterocycles. The minimum absolute atomic E-state index is 0.0338. The van der Waals surface area contributed by atoms with Crippen LogP contribution in [0.4, 0.5) is 5.69 Å². The number of nitrogens with zero attached hydrogens (tertiary/aromatic N) is 6. The highest BCUT2D eigenvalue weighted by Crippen LogP contribution is 2.42. The van der Waals surface area contributed by atoms with Crippen molar-refractivity contribution in [2.24, 2.45) is 0 Å². The molecule has 11 nitrogen and oxygen atoms in total. The van der Waals surface area contributed by atoms with Gasteiger partial charge in [0, 0.05) is 78.1 Å². The summed E-state index contributed by atoms with van der Waals surface area (Å²) in [5.41, 5.74) is 11.9. The van der Waals surface area contributed by atoms with Crippen LogP contribution in [0.3, 0.4) is 0 Å². The number of aryl methyl sites for hydroxylation is 2. The number of piperidine rings is 1. The number of aromatic nitrogens is 5. The molecule has 3 aromatic carbocycles. The van der Waals surface area contributed by atoms with Gasteiger partial charge in [-0.1, -0.05) is 54.6 Å². The normalized spacial score (nSPS) is 17.1. The van der Waals surface area contributed by atoms with Gasteiger partial charge in [-0.25, -0.2) is 9.97 Å². The summed E-state index contributed by atoms with van der Waals surface area (Å²) >= 11 is 0. The van der Waals surface area contributed by atoms with Crippen molar-refractivity contribution in [1.82, 2.24) is 40.0 Å². The minimum Gasteiger partial charge on any atom is -0.339 e. The number of fused-ring (bicyclic) bond motifs is 1. The number of likely N-dealkylation sites (tertiary alicyclic amines) is 2. The molecule has 9 rings (SSSR count). The van der Waals surface area contributed by atoms with Gasteiger partial charge in [0.2, 0.25) is 0 Å². The van der Waals surface area contributed by atoms with Gasteiger partial charge in [-0.15, -0.1) is 0 Å². The maximum absolute atomic E-state index is 13.6. The Kier molecular flexibility index (Phi) is 11.0. The lowest BCUT2D eigenvalue weighted by molar-refractivity contribution is 0.0527. The van der Waals surface area contributed by atoms with Gasteiger partial charge in [-0.3, -0.25) is 24.5 Å². The first kappa shape index (κ1) is 38.9. The molecule has 2 amide bonds. The molecule has 2 fully saturated rings. The van der Waals surface area contributed by atoms with Crippen LogP contribution in [0.5, 0.6) is 0 Å². The molecule has 0 saturated carbocycles. The molecule has 2 unspecified atom stereocenters. The Labute approximate surface area is 350 Å². The maximum atomic E-state index is 13.6. The Balaban J connectivity index is 0.836. The summed E-state index contributed by atoms with van der Waals surface area (Å²) in [6.07, 6.45) is 8.66. The molecule has 60 heavy (non-hydrogen) atoms. The number of aromatic amines is 1. The number of carbonyl (C=O) groups excluding carboxylic acids is 2. The van der Waals surface area contributed by atoms with Gasteiger partial charge in [0.1, 0.15) is 12.0 Å². The van der Waals surface area contributed by atoms with Gasteiger partial charge in [0.25, 0.3) is 11.8 Å². The second kappa shape index (κ2) is 17.0. The Bertz CT molecular complexity index is 2600. The first-order valence-electron chi connectivity index (χ1n) is 20.8. The van der Waals surface area contributed by atoms with E-state index in [1.807, 2.05) is 103 Å². The predicted octanol–water partition coefficient (Wildman–Crippen LogP) is 8.64. The second-order valence-electron chi connectivity index (χ2n) is 16.0. The highest BCUT2D eigenvalue weighted by Gasteiger charge is 2.36. The zero-order valence-electron chi connectivity index (χ0n) is 34.2. The highest BCUT2D eigenvalue weighted by molar-refractivity contribution is 6.05. The van der Waals surface area contributed by atoms with E-state index in [0.717, 1.165) is 82.9 Å². The summed E-state index contributed by atoms with van der Waals surface area (Å²) < 4.78 is 0. The predicted molar refractivity (Wildman–Crippen MR) is 236 cm³/mol. The van der Waals surface area contributed by atoms with E-state index in [-0.39, 0.29) is 29.9 Å². The Hall–Kier alpha value is -6.56. The highest BCUT2D eigenvalue weighted by atomic mass is 16.2. The number of rotatable bonds is 11. The van der Waals surface area contributed by atoms with Crippen molar-refractivity contribution in [3.63, 3.8) is 0 Å². The second-order valence-corrected chi connectivity index (χ2v) is 16.0. The molecular formula is C49H49N9O2. The fourth-order valence-electron chi connectivity index (χ4n) is 8.91. The van der Waals surface area contributed by atoms with Crippen LogP contribution in [0.1, 0.15) is 80.1 Å². The van der Waals surface area contributed by atoms with Crippen molar-refractivity contribution >= 4 is 28.5 Å². The van der Waals surface area contributed by atoms with Gasteiger partial charge in [0.15, 0.2) is 0 Å². The summed E-state index contributed by atoms with van der Waals surface area (Å²) in [7, 11) is 0. The molecule has 0 radical (unpaired) electrons. The Morgan fingerprint density at radius 1 is 0.750 bits per heavy atom. The fourth-order valence-corrected chi connectivity index (χ4v) is 8.91. The molecule has 4 aromatic heterocycles. The summed E-state index contributed by atoms with van der Waals surface area (Å²) in [4.78, 5) is 53.4. The molecule has 11 heteroatoms. The average Bonchev–Trinajstić information content (AvgIpc) is 3.71. The first-order valence-corrected chi connectivity index (χ1v) is 20.8. The van der Waals surface area contributed by atoms with Crippen LogP contribution < -0.4 is 10.6 Å². The average molecular weight is 796 g/mol. The van der Waals surface area contributed by atoms with Crippen molar-refractivity contribution in [2.45, 2.75) is 58.2 Å². The van der Waals surface area contributed by atoms with Crippen LogP contribution in [0.2, 0.25) is 0 Å². The lowest BCUT2D eigenvalue weighted by atomic mass is 9.89.